The van der Waals surface area contributed by atoms with Crippen molar-refractivity contribution in [3.8, 4) is 5.75 Å². The molecule has 4 fully saturated rings. The van der Waals surface area contributed by atoms with Gasteiger partial charge in [-0.2, -0.15) is 17.2 Å². The van der Waals surface area contributed by atoms with Crippen LogP contribution in [0.3, 0.4) is 0 Å². The second kappa shape index (κ2) is 10.7. The molecule has 218 valence electrons. The van der Waals surface area contributed by atoms with Crippen molar-refractivity contribution in [1.82, 2.24) is 0 Å². The third-order valence-electron chi connectivity index (χ3n) is 7.95. The molecule has 1 aromatic rings. The minimum absolute atomic E-state index is 0.0423. The molecule has 4 bridgehead atoms. The first kappa shape index (κ1) is 30.4. The van der Waals surface area contributed by atoms with Crippen LogP contribution in [0.1, 0.15) is 63.2 Å². The van der Waals surface area contributed by atoms with Gasteiger partial charge in [-0.15, -0.1) is 0 Å². The number of hydrogen-bond acceptors (Lipinski definition) is 8. The zero-order valence-electron chi connectivity index (χ0n) is 22.1. The Labute approximate surface area is 240 Å². The van der Waals surface area contributed by atoms with E-state index in [1.807, 2.05) is 20.8 Å². The summed E-state index contributed by atoms with van der Waals surface area (Å²) in [6, 6.07) is 5.07. The largest absolute Gasteiger partial charge is 0.465 e. The molecule has 4 saturated carbocycles. The summed E-state index contributed by atoms with van der Waals surface area (Å²) in [6.45, 7) is 5.55. The molecule has 0 aromatic heterocycles. The Hall–Kier alpha value is -1.58. The van der Waals surface area contributed by atoms with Crippen molar-refractivity contribution >= 4 is 44.6 Å². The van der Waals surface area contributed by atoms with Gasteiger partial charge in [0.25, 0.3) is 0 Å². The Bertz CT molecular complexity index is 1210. The first-order chi connectivity index (χ1) is 18.0. The van der Waals surface area contributed by atoms with Gasteiger partial charge in [0.05, 0.1) is 15.7 Å². The maximum Gasteiger partial charge on any atom is 0.465 e. The van der Waals surface area contributed by atoms with Crippen LogP contribution in [-0.4, -0.2) is 56.3 Å². The van der Waals surface area contributed by atoms with Gasteiger partial charge in [-0.25, -0.2) is 9.59 Å². The van der Waals surface area contributed by atoms with Crippen LogP contribution in [-0.2, 0) is 29.1 Å². The van der Waals surface area contributed by atoms with Crippen LogP contribution in [0.4, 0.5) is 8.78 Å². The predicted octanol–water partition coefficient (Wildman–Crippen LogP) is 5.06. The normalized spacial score (nSPS) is 29.1. The molecule has 3 atom stereocenters. The molecular formula is C26H33F2IO9S. The van der Waals surface area contributed by atoms with Crippen molar-refractivity contribution in [2.45, 2.75) is 70.5 Å². The summed E-state index contributed by atoms with van der Waals surface area (Å²) in [7, 11) is -4.38. The Balaban J connectivity index is 1.43. The SMILES string of the molecule is COC(Oc1cc(C(=O)OC2C3CC4CC2CC(COC(=O)C(F)(F)S(=O)(=O)O)(C4)C3)ccc1I)C(C)(C)C. The van der Waals surface area contributed by atoms with Gasteiger partial charge in [0.2, 0.25) is 6.29 Å². The molecule has 0 radical (unpaired) electrons. The van der Waals surface area contributed by atoms with Crippen molar-refractivity contribution in [1.29, 1.82) is 0 Å². The zero-order chi connectivity index (χ0) is 29.0. The molecule has 0 spiro atoms. The highest BCUT2D eigenvalue weighted by Gasteiger charge is 2.59. The number of carbonyl (C=O) groups excluding carboxylic acids is 2. The van der Waals surface area contributed by atoms with E-state index < -0.39 is 39.0 Å². The number of rotatable bonds is 9. The van der Waals surface area contributed by atoms with Crippen LogP contribution < -0.4 is 4.74 Å². The monoisotopic (exact) mass is 686 g/mol. The molecule has 5 rings (SSSR count). The van der Waals surface area contributed by atoms with E-state index in [2.05, 4.69) is 22.6 Å². The zero-order valence-corrected chi connectivity index (χ0v) is 25.1. The minimum Gasteiger partial charge on any atom is -0.463 e. The van der Waals surface area contributed by atoms with Gasteiger partial charge >= 0.3 is 27.3 Å². The lowest BCUT2D eigenvalue weighted by atomic mass is 9.49. The lowest BCUT2D eigenvalue weighted by molar-refractivity contribution is -0.181. The standard InChI is InChI=1S/C26H33F2IO9S/c1-24(2,3)23(35-4)37-19-9-15(5-6-18(19)29)21(30)38-20-16-7-14-8-17(20)12-25(10-14,11-16)13-36-22(31)26(27,28)39(32,33)34/h5-6,9,14,16-17,20,23H,7-8,10-13H2,1-4H3,(H,32,33,34). The number of hydrogen-bond donors (Lipinski definition) is 1. The van der Waals surface area contributed by atoms with Crippen molar-refractivity contribution in [3.63, 3.8) is 0 Å². The molecule has 0 amide bonds. The number of halogens is 3. The van der Waals surface area contributed by atoms with E-state index >= 15 is 0 Å². The first-order valence-electron chi connectivity index (χ1n) is 12.7. The average molecular weight is 687 g/mol. The Morgan fingerprint density at radius 2 is 1.77 bits per heavy atom. The van der Waals surface area contributed by atoms with Crippen LogP contribution in [0, 0.1) is 32.2 Å². The molecule has 1 N–H and O–H groups in total. The molecule has 13 heteroatoms. The first-order valence-corrected chi connectivity index (χ1v) is 15.2. The number of benzene rings is 1. The van der Waals surface area contributed by atoms with Crippen LogP contribution in [0.2, 0.25) is 0 Å². The van der Waals surface area contributed by atoms with E-state index in [-0.39, 0.29) is 35.9 Å². The van der Waals surface area contributed by atoms with Gasteiger partial charge in [0, 0.05) is 17.9 Å². The lowest BCUT2D eigenvalue weighted by Crippen LogP contribution is -2.56. The Morgan fingerprint density at radius 1 is 1.15 bits per heavy atom. The summed E-state index contributed by atoms with van der Waals surface area (Å²) in [4.78, 5) is 25.0. The number of esters is 2. The maximum absolute atomic E-state index is 13.7. The fourth-order valence-electron chi connectivity index (χ4n) is 6.53. The van der Waals surface area contributed by atoms with Gasteiger partial charge in [0.1, 0.15) is 11.9 Å². The van der Waals surface area contributed by atoms with Crippen LogP contribution in [0.5, 0.6) is 5.75 Å². The van der Waals surface area contributed by atoms with Crippen molar-refractivity contribution in [2.75, 3.05) is 13.7 Å². The second-order valence-electron chi connectivity index (χ2n) is 12.1. The highest BCUT2D eigenvalue weighted by Crippen LogP contribution is 2.61. The van der Waals surface area contributed by atoms with Gasteiger partial charge in [0.15, 0.2) is 0 Å². The molecule has 3 unspecified atom stereocenters. The summed E-state index contributed by atoms with van der Waals surface area (Å²) in [6.07, 6.45) is 2.32. The number of methoxy groups -OCH3 is 1. The summed E-state index contributed by atoms with van der Waals surface area (Å²) < 4.78 is 80.8. The quantitative estimate of drug-likeness (QED) is 0.164. The van der Waals surface area contributed by atoms with Gasteiger partial charge in [-0.1, -0.05) is 20.8 Å². The Morgan fingerprint density at radius 3 is 2.31 bits per heavy atom. The molecule has 0 aliphatic heterocycles. The van der Waals surface area contributed by atoms with Crippen LogP contribution >= 0.6 is 22.6 Å². The molecule has 4 aliphatic carbocycles. The molecule has 1 aromatic carbocycles. The molecule has 0 saturated heterocycles. The van der Waals surface area contributed by atoms with Crippen molar-refractivity contribution < 1.29 is 50.3 Å². The topological polar surface area (TPSA) is 125 Å². The molecule has 0 heterocycles. The second-order valence-corrected chi connectivity index (χ2v) is 14.7. The van der Waals surface area contributed by atoms with Crippen molar-refractivity contribution in [3.05, 3.63) is 27.3 Å². The van der Waals surface area contributed by atoms with Gasteiger partial charge < -0.3 is 18.9 Å². The maximum atomic E-state index is 13.7. The van der Waals surface area contributed by atoms with E-state index in [9.17, 15) is 26.8 Å². The van der Waals surface area contributed by atoms with Crippen LogP contribution in [0.15, 0.2) is 18.2 Å². The van der Waals surface area contributed by atoms with E-state index in [0.717, 1.165) is 16.4 Å². The molecule has 4 aliphatic rings. The smallest absolute Gasteiger partial charge is 0.463 e. The number of alkyl halides is 2. The van der Waals surface area contributed by atoms with Gasteiger partial charge in [-0.3, -0.25) is 4.55 Å². The number of carbonyl (C=O) groups is 2. The Kier molecular flexibility index (Phi) is 8.32. The highest BCUT2D eigenvalue weighted by atomic mass is 127. The predicted molar refractivity (Wildman–Crippen MR) is 143 cm³/mol. The fraction of sp³-hybridized carbons (Fsp3) is 0.692. The highest BCUT2D eigenvalue weighted by molar-refractivity contribution is 14.1. The molecular weight excluding hydrogens is 653 g/mol. The van der Waals surface area contributed by atoms with E-state index in [4.69, 9.17) is 23.5 Å². The minimum atomic E-state index is -5.93. The summed E-state index contributed by atoms with van der Waals surface area (Å²) in [5.41, 5.74) is -0.573. The van der Waals surface area contributed by atoms with E-state index in [0.29, 0.717) is 30.6 Å². The fourth-order valence-corrected chi connectivity index (χ4v) is 7.26. The van der Waals surface area contributed by atoms with Crippen molar-refractivity contribution in [2.24, 2.45) is 28.6 Å². The average Bonchev–Trinajstić information content (AvgIpc) is 2.82. The molecule has 9 nitrogen and oxygen atoms in total. The summed E-state index contributed by atoms with van der Waals surface area (Å²) >= 11 is 2.12. The third kappa shape index (κ3) is 6.20. The lowest BCUT2D eigenvalue weighted by Gasteiger charge is -2.59. The van der Waals surface area contributed by atoms with E-state index in [1.54, 1.807) is 25.3 Å². The summed E-state index contributed by atoms with van der Waals surface area (Å²) in [5.74, 6) is -2.10. The van der Waals surface area contributed by atoms with Crippen LogP contribution in [0.25, 0.3) is 0 Å². The molecule has 39 heavy (non-hydrogen) atoms. The number of ether oxygens (including phenoxy) is 4. The van der Waals surface area contributed by atoms with E-state index in [1.165, 1.54) is 0 Å². The van der Waals surface area contributed by atoms with Gasteiger partial charge in [-0.05, 0) is 90.6 Å². The summed E-state index contributed by atoms with van der Waals surface area (Å²) in [5, 5.41) is -5.03. The third-order valence-corrected chi connectivity index (χ3v) is 9.66.